The lowest BCUT2D eigenvalue weighted by Crippen LogP contribution is -2.60. The molecule has 1 aromatic heterocycles. The van der Waals surface area contributed by atoms with Crippen LogP contribution in [0.15, 0.2) is 60.7 Å². The van der Waals surface area contributed by atoms with Gasteiger partial charge in [0.15, 0.2) is 16.9 Å². The van der Waals surface area contributed by atoms with E-state index in [0.717, 1.165) is 35.5 Å². The predicted octanol–water partition coefficient (Wildman–Crippen LogP) is 5.65. The van der Waals surface area contributed by atoms with Crippen LogP contribution in [-0.2, 0) is 5.54 Å². The van der Waals surface area contributed by atoms with Gasteiger partial charge in [-0.3, -0.25) is 0 Å². The second kappa shape index (κ2) is 6.48. The fourth-order valence-electron chi connectivity index (χ4n) is 5.46. The van der Waals surface area contributed by atoms with Gasteiger partial charge in [0.2, 0.25) is 0 Å². The number of para-hydroxylation sites is 1. The van der Waals surface area contributed by atoms with Gasteiger partial charge in [-0.05, 0) is 43.5 Å². The summed E-state index contributed by atoms with van der Waals surface area (Å²) in [6.45, 7) is 1.84. The molecule has 2 heterocycles. The van der Waals surface area contributed by atoms with E-state index >= 15 is 0 Å². The summed E-state index contributed by atoms with van der Waals surface area (Å²) in [6, 6.07) is 18.5. The molecule has 2 aliphatic rings. The zero-order valence-corrected chi connectivity index (χ0v) is 16.7. The minimum absolute atomic E-state index is 0.380. The Balaban J connectivity index is 1.88. The number of fused-ring (bicyclic) bond motifs is 1. The van der Waals surface area contributed by atoms with E-state index in [-0.39, 0.29) is 0 Å². The van der Waals surface area contributed by atoms with Crippen LogP contribution in [-0.4, -0.2) is 4.57 Å². The van der Waals surface area contributed by atoms with Crippen molar-refractivity contribution in [2.24, 2.45) is 5.92 Å². The van der Waals surface area contributed by atoms with Gasteiger partial charge in [-0.1, -0.05) is 61.4 Å². The Morgan fingerprint density at radius 2 is 1.71 bits per heavy atom. The second-order valence-electron chi connectivity index (χ2n) is 8.26. The van der Waals surface area contributed by atoms with E-state index in [1.807, 2.05) is 48.7 Å². The van der Waals surface area contributed by atoms with Crippen molar-refractivity contribution in [1.29, 1.82) is 0 Å². The number of nitrogens with zero attached hydrogens (tertiary/aromatic N) is 2. The summed E-state index contributed by atoms with van der Waals surface area (Å²) in [6.07, 6.45) is 9.05. The first-order valence-corrected chi connectivity index (χ1v) is 10.3. The molecule has 1 fully saturated rings. The molecule has 5 rings (SSSR count). The molecule has 142 valence electrons. The number of rotatable bonds is 3. The monoisotopic (exact) mass is 372 g/mol. The zero-order chi connectivity index (χ0) is 21.8. The first kappa shape index (κ1) is 14.4. The summed E-state index contributed by atoms with van der Waals surface area (Å²) < 4.78 is 29.9. The van der Waals surface area contributed by atoms with Crippen molar-refractivity contribution in [1.82, 2.24) is 4.57 Å². The third kappa shape index (κ3) is 2.30. The summed E-state index contributed by atoms with van der Waals surface area (Å²) in [4.78, 5) is 0. The van der Waals surface area contributed by atoms with Crippen molar-refractivity contribution >= 4 is 6.08 Å². The van der Waals surface area contributed by atoms with Gasteiger partial charge in [0, 0.05) is 29.4 Å². The van der Waals surface area contributed by atoms with Crippen LogP contribution >= 0.6 is 0 Å². The molecular formula is C26H29N2+. The van der Waals surface area contributed by atoms with Gasteiger partial charge in [0.1, 0.15) is 5.69 Å². The third-order valence-electron chi connectivity index (χ3n) is 6.81. The standard InChI is InChI=1S/C26H29N2/c1-19-11-7-10-16-24(19)27-20(2)25-17-18-26(28(25)21(27)3,23-14-8-9-15-23)22-12-5-4-6-13-22/h4-7,10-13,16-18,23H,8-9,14-15H2,1-3H3/q+1/i3D3. The highest BCUT2D eigenvalue weighted by Crippen LogP contribution is 2.45. The molecular weight excluding hydrogens is 340 g/mol. The van der Waals surface area contributed by atoms with Gasteiger partial charge < -0.3 is 0 Å². The molecule has 2 nitrogen and oxygen atoms in total. The molecule has 3 aromatic rings. The summed E-state index contributed by atoms with van der Waals surface area (Å²) >= 11 is 0. The highest BCUT2D eigenvalue weighted by molar-refractivity contribution is 5.55. The van der Waals surface area contributed by atoms with Crippen LogP contribution in [0.2, 0.25) is 0 Å². The van der Waals surface area contributed by atoms with Crippen LogP contribution in [0.3, 0.4) is 0 Å². The minimum atomic E-state index is -2.25. The molecule has 1 unspecified atom stereocenters. The first-order chi connectivity index (χ1) is 14.9. The fourth-order valence-corrected chi connectivity index (χ4v) is 5.46. The molecule has 0 N–H and O–H groups in total. The Morgan fingerprint density at radius 1 is 1.00 bits per heavy atom. The maximum atomic E-state index is 8.59. The number of aryl methyl sites for hydroxylation is 1. The summed E-state index contributed by atoms with van der Waals surface area (Å²) in [5.41, 5.74) is 4.71. The molecule has 1 aliphatic heterocycles. The van der Waals surface area contributed by atoms with Crippen LogP contribution in [0.25, 0.3) is 11.8 Å². The van der Waals surface area contributed by atoms with E-state index in [9.17, 15) is 0 Å². The average Bonchev–Trinajstić information content (AvgIpc) is 3.46. The van der Waals surface area contributed by atoms with Gasteiger partial charge in [-0.25, -0.2) is 4.57 Å². The predicted molar refractivity (Wildman–Crippen MR) is 115 cm³/mol. The Labute approximate surface area is 172 Å². The van der Waals surface area contributed by atoms with Gasteiger partial charge in [-0.2, -0.15) is 4.57 Å². The Hall–Kier alpha value is -2.61. The summed E-state index contributed by atoms with van der Waals surface area (Å²) in [5.74, 6) is 0.778. The van der Waals surface area contributed by atoms with Crippen LogP contribution in [0.5, 0.6) is 0 Å². The molecule has 0 spiro atoms. The van der Waals surface area contributed by atoms with E-state index in [1.54, 1.807) is 0 Å². The smallest absolute Gasteiger partial charge is 0.214 e. The molecule has 2 aromatic carbocycles. The first-order valence-electron chi connectivity index (χ1n) is 11.8. The molecule has 0 saturated heterocycles. The van der Waals surface area contributed by atoms with Gasteiger partial charge in [-0.15, -0.1) is 0 Å². The number of benzene rings is 2. The number of hydrogen-bond acceptors (Lipinski definition) is 0. The maximum absolute atomic E-state index is 8.59. The van der Waals surface area contributed by atoms with Crippen molar-refractivity contribution < 1.29 is 8.68 Å². The van der Waals surface area contributed by atoms with Crippen LogP contribution in [0.4, 0.5) is 0 Å². The van der Waals surface area contributed by atoms with Crippen molar-refractivity contribution in [2.75, 3.05) is 0 Å². The van der Waals surface area contributed by atoms with Crippen LogP contribution in [0.1, 0.15) is 58.1 Å². The number of allylic oxidation sites excluding steroid dienone is 1. The van der Waals surface area contributed by atoms with Gasteiger partial charge in [0.25, 0.3) is 5.82 Å². The van der Waals surface area contributed by atoms with E-state index in [4.69, 9.17) is 4.11 Å². The van der Waals surface area contributed by atoms with Crippen molar-refractivity contribution in [3.8, 4) is 5.69 Å². The van der Waals surface area contributed by atoms with E-state index in [2.05, 4.69) is 41.0 Å². The normalized spacial score (nSPS) is 23.4. The zero-order valence-electron chi connectivity index (χ0n) is 19.7. The van der Waals surface area contributed by atoms with E-state index < -0.39 is 12.4 Å². The number of aromatic nitrogens is 2. The van der Waals surface area contributed by atoms with Crippen molar-refractivity contribution in [3.05, 3.63) is 89.0 Å². The average molecular weight is 373 g/mol. The quantitative estimate of drug-likeness (QED) is 0.525. The Bertz CT molecular complexity index is 1150. The Morgan fingerprint density at radius 3 is 2.43 bits per heavy atom. The molecule has 1 aliphatic carbocycles. The highest BCUT2D eigenvalue weighted by Gasteiger charge is 2.51. The third-order valence-corrected chi connectivity index (χ3v) is 6.81. The molecule has 0 radical (unpaired) electrons. The van der Waals surface area contributed by atoms with Crippen LogP contribution < -0.4 is 4.57 Å². The van der Waals surface area contributed by atoms with Crippen molar-refractivity contribution in [2.45, 2.75) is 51.9 Å². The summed E-state index contributed by atoms with van der Waals surface area (Å²) in [5, 5.41) is 0. The molecule has 0 bridgehead atoms. The molecule has 1 atom stereocenters. The second-order valence-corrected chi connectivity index (χ2v) is 8.26. The lowest BCUT2D eigenvalue weighted by molar-refractivity contribution is -0.751. The van der Waals surface area contributed by atoms with E-state index in [1.165, 1.54) is 18.4 Å². The molecule has 2 heteroatoms. The number of hydrogen-bond donors (Lipinski definition) is 0. The summed E-state index contributed by atoms with van der Waals surface area (Å²) in [7, 11) is 0. The van der Waals surface area contributed by atoms with Gasteiger partial charge in [0.05, 0.1) is 0 Å². The van der Waals surface area contributed by atoms with Crippen LogP contribution in [0, 0.1) is 26.6 Å². The van der Waals surface area contributed by atoms with Gasteiger partial charge >= 0.3 is 0 Å². The molecule has 1 saturated carbocycles. The lowest BCUT2D eigenvalue weighted by atomic mass is 9.77. The largest absolute Gasteiger partial charge is 0.260 e. The molecule has 28 heavy (non-hydrogen) atoms. The number of imidazole rings is 1. The fraction of sp³-hybridized carbons (Fsp3) is 0.346. The Kier molecular flexibility index (Phi) is 3.33. The van der Waals surface area contributed by atoms with E-state index in [0.29, 0.717) is 11.7 Å². The SMILES string of the molecule is [2H]C([2H])([2H])c1n(-c2ccccc2C)c(C)c2[n+]1C(c1ccccc1)(C1CCCC1)C=C2. The lowest BCUT2D eigenvalue weighted by Gasteiger charge is -2.33. The molecule has 0 amide bonds. The maximum Gasteiger partial charge on any atom is 0.260 e. The minimum Gasteiger partial charge on any atom is -0.214 e. The van der Waals surface area contributed by atoms with Crippen molar-refractivity contribution in [3.63, 3.8) is 0 Å². The highest BCUT2D eigenvalue weighted by atomic mass is 15.2. The topological polar surface area (TPSA) is 8.81 Å².